The second-order valence-corrected chi connectivity index (χ2v) is 9.03. The molecule has 34 heavy (non-hydrogen) atoms. The number of nitrogens with zero attached hydrogens (tertiary/aromatic N) is 1. The smallest absolute Gasteiger partial charge is 0.397 e. The molecule has 4 rings (SSSR count). The molecular weight excluding hydrogens is 443 g/mol. The minimum Gasteiger partial charge on any atom is -0.426 e. The number of aromatic amines is 1. The molecule has 0 spiro atoms. The molecule has 0 radical (unpaired) electrons. The van der Waals surface area contributed by atoms with Gasteiger partial charge >= 0.3 is 8.60 Å². The van der Waals surface area contributed by atoms with Crippen molar-refractivity contribution in [1.82, 2.24) is 9.88 Å². The Kier molecular flexibility index (Phi) is 10.6. The first-order valence-corrected chi connectivity index (χ1v) is 12.8. The molecule has 0 fully saturated rings. The molecule has 180 valence electrons. The molecule has 0 unspecified atom stereocenters. The van der Waals surface area contributed by atoms with Gasteiger partial charge in [-0.3, -0.25) is 9.05 Å². The van der Waals surface area contributed by atoms with Crippen molar-refractivity contribution >= 4 is 19.5 Å². The van der Waals surface area contributed by atoms with Crippen LogP contribution in [0.15, 0.2) is 85.1 Å². The summed E-state index contributed by atoms with van der Waals surface area (Å²) in [5.74, 6) is 0.782. The maximum atomic E-state index is 6.36. The Morgan fingerprint density at radius 1 is 0.765 bits per heavy atom. The zero-order valence-corrected chi connectivity index (χ0v) is 21.4. The lowest BCUT2D eigenvalue weighted by Crippen LogP contribution is -2.14. The molecule has 0 saturated carbocycles. The first kappa shape index (κ1) is 25.9. The van der Waals surface area contributed by atoms with E-state index in [-0.39, 0.29) is 0 Å². The van der Waals surface area contributed by atoms with Crippen molar-refractivity contribution in [1.29, 1.82) is 0 Å². The predicted molar refractivity (Wildman–Crippen MR) is 142 cm³/mol. The van der Waals surface area contributed by atoms with Gasteiger partial charge in [0.25, 0.3) is 0 Å². The van der Waals surface area contributed by atoms with E-state index in [1.165, 1.54) is 5.56 Å². The highest BCUT2D eigenvalue weighted by molar-refractivity contribution is 7.42. The summed E-state index contributed by atoms with van der Waals surface area (Å²) in [6.45, 7) is 5.82. The molecule has 0 bridgehead atoms. The number of hydrogen-bond acceptors (Lipinski definition) is 4. The first-order chi connectivity index (χ1) is 16.7. The minimum absolute atomic E-state index is 0.429. The third-order valence-corrected chi connectivity index (χ3v) is 6.13. The Balaban J connectivity index is 0.00000158. The summed E-state index contributed by atoms with van der Waals surface area (Å²) in [6, 6.07) is 26.2. The molecule has 4 aromatic rings. The van der Waals surface area contributed by atoms with Gasteiger partial charge < -0.3 is 14.4 Å². The lowest BCUT2D eigenvalue weighted by molar-refractivity contribution is 0.192. The number of H-pyrrole nitrogens is 1. The van der Waals surface area contributed by atoms with E-state index in [2.05, 4.69) is 36.2 Å². The number of rotatable bonds is 11. The van der Waals surface area contributed by atoms with E-state index in [9.17, 15) is 0 Å². The summed E-state index contributed by atoms with van der Waals surface area (Å²) in [5, 5.41) is 1.09. The maximum Gasteiger partial charge on any atom is 0.397 e. The van der Waals surface area contributed by atoms with Crippen LogP contribution in [-0.2, 0) is 28.7 Å². The van der Waals surface area contributed by atoms with Crippen molar-refractivity contribution in [3.05, 3.63) is 102 Å². The predicted octanol–water partition coefficient (Wildman–Crippen LogP) is 7.34. The lowest BCUT2D eigenvalue weighted by atomic mass is 10.1. The molecule has 3 aromatic carbocycles. The van der Waals surface area contributed by atoms with Gasteiger partial charge in [0.2, 0.25) is 0 Å². The van der Waals surface area contributed by atoms with Crippen LogP contribution in [0.2, 0.25) is 0 Å². The highest BCUT2D eigenvalue weighted by atomic mass is 31.2. The van der Waals surface area contributed by atoms with Crippen LogP contribution in [0.4, 0.5) is 0 Å². The summed E-state index contributed by atoms with van der Waals surface area (Å²) in [4.78, 5) is 5.55. The van der Waals surface area contributed by atoms with Crippen LogP contribution < -0.4 is 4.52 Å². The Labute approximate surface area is 204 Å². The fourth-order valence-corrected chi connectivity index (χ4v) is 4.41. The third-order valence-electron chi connectivity index (χ3n) is 5.11. The van der Waals surface area contributed by atoms with Gasteiger partial charge in [-0.25, -0.2) is 0 Å². The summed E-state index contributed by atoms with van der Waals surface area (Å²) < 4.78 is 18.6. The largest absolute Gasteiger partial charge is 0.426 e. The number of fused-ring (bicyclic) bond motifs is 1. The fraction of sp³-hybridized carbons (Fsp3) is 0.286. The number of hydrogen-bond donors (Lipinski definition) is 1. The van der Waals surface area contributed by atoms with Gasteiger partial charge in [-0.15, -0.1) is 0 Å². The van der Waals surface area contributed by atoms with Crippen LogP contribution in [0.5, 0.6) is 5.75 Å². The zero-order chi connectivity index (χ0) is 24.2. The lowest BCUT2D eigenvalue weighted by Gasteiger charge is -2.18. The third kappa shape index (κ3) is 7.68. The second kappa shape index (κ2) is 13.9. The summed E-state index contributed by atoms with van der Waals surface area (Å²) >= 11 is 0. The first-order valence-electron chi connectivity index (χ1n) is 11.7. The number of aromatic nitrogens is 1. The monoisotopic (exact) mass is 478 g/mol. The van der Waals surface area contributed by atoms with Gasteiger partial charge in [-0.1, -0.05) is 80.6 Å². The zero-order valence-electron chi connectivity index (χ0n) is 20.5. The molecule has 5 nitrogen and oxygen atoms in total. The minimum atomic E-state index is -1.60. The Morgan fingerprint density at radius 3 is 1.91 bits per heavy atom. The molecule has 0 aliphatic carbocycles. The summed E-state index contributed by atoms with van der Waals surface area (Å²) in [7, 11) is 2.57. The standard InChI is InChI=1S/C26H29N2O3P.C2H6/c1-28(2)17-16-23-18-27-24-14-9-15-25(26(23)24)31-32(29-19-21-10-5-3-6-11-21)30-20-22-12-7-4-8-13-22;1-2/h3-15,18,27H,16-17,19-20H2,1-2H3;1-2H3. The van der Waals surface area contributed by atoms with Crippen molar-refractivity contribution in [3.8, 4) is 5.75 Å². The molecule has 6 heteroatoms. The molecule has 0 amide bonds. The molecular formula is C28H35N2O3P. The highest BCUT2D eigenvalue weighted by Crippen LogP contribution is 2.45. The van der Waals surface area contributed by atoms with E-state index in [4.69, 9.17) is 13.6 Å². The fourth-order valence-electron chi connectivity index (χ4n) is 3.41. The van der Waals surface area contributed by atoms with Crippen LogP contribution in [0, 0.1) is 0 Å². The maximum absolute atomic E-state index is 6.36. The molecule has 0 aliphatic rings. The van der Waals surface area contributed by atoms with Gasteiger partial charge in [0, 0.05) is 23.6 Å². The van der Waals surface area contributed by atoms with Crippen molar-refractivity contribution in [2.45, 2.75) is 33.5 Å². The normalized spacial score (nSPS) is 11.0. The number of nitrogens with one attached hydrogen (secondary N) is 1. The number of benzene rings is 3. The van der Waals surface area contributed by atoms with E-state index >= 15 is 0 Å². The summed E-state index contributed by atoms with van der Waals surface area (Å²) in [5.41, 5.74) is 4.44. The van der Waals surface area contributed by atoms with Crippen LogP contribution >= 0.6 is 8.60 Å². The van der Waals surface area contributed by atoms with Crippen molar-refractivity contribution < 1.29 is 13.6 Å². The van der Waals surface area contributed by atoms with Crippen LogP contribution in [0.25, 0.3) is 10.9 Å². The molecule has 1 aromatic heterocycles. The van der Waals surface area contributed by atoms with Crippen molar-refractivity contribution in [2.75, 3.05) is 20.6 Å². The van der Waals surface area contributed by atoms with E-state index < -0.39 is 8.60 Å². The van der Waals surface area contributed by atoms with Gasteiger partial charge in [0.1, 0.15) is 5.75 Å². The summed E-state index contributed by atoms with van der Waals surface area (Å²) in [6.07, 6.45) is 3.00. The van der Waals surface area contributed by atoms with E-state index in [0.29, 0.717) is 13.2 Å². The van der Waals surface area contributed by atoms with Crippen LogP contribution in [-0.4, -0.2) is 30.5 Å². The molecule has 0 atom stereocenters. The quantitative estimate of drug-likeness (QED) is 0.229. The topological polar surface area (TPSA) is 46.7 Å². The molecule has 0 saturated heterocycles. The van der Waals surface area contributed by atoms with Crippen molar-refractivity contribution in [2.24, 2.45) is 0 Å². The molecule has 1 N–H and O–H groups in total. The number of likely N-dealkylation sites (N-methyl/N-ethyl adjacent to an activating group) is 1. The van der Waals surface area contributed by atoms with Crippen LogP contribution in [0.1, 0.15) is 30.5 Å². The van der Waals surface area contributed by atoms with Gasteiger partial charge in [-0.2, -0.15) is 0 Å². The van der Waals surface area contributed by atoms with E-state index in [1.54, 1.807) is 0 Å². The van der Waals surface area contributed by atoms with E-state index in [0.717, 1.165) is 40.7 Å². The molecule has 1 heterocycles. The highest BCUT2D eigenvalue weighted by Gasteiger charge is 2.19. The Hall–Kier alpha value is -2.69. The van der Waals surface area contributed by atoms with E-state index in [1.807, 2.05) is 86.6 Å². The Morgan fingerprint density at radius 2 is 1.35 bits per heavy atom. The van der Waals surface area contributed by atoms with Gasteiger partial charge in [-0.05, 0) is 49.3 Å². The van der Waals surface area contributed by atoms with Crippen molar-refractivity contribution in [3.63, 3.8) is 0 Å². The second-order valence-electron chi connectivity index (χ2n) is 7.88. The average Bonchev–Trinajstić information content (AvgIpc) is 3.31. The average molecular weight is 479 g/mol. The molecule has 0 aliphatic heterocycles. The van der Waals surface area contributed by atoms with Gasteiger partial charge in [0.15, 0.2) is 0 Å². The Bertz CT molecular complexity index is 1060. The van der Waals surface area contributed by atoms with Gasteiger partial charge in [0.05, 0.1) is 13.2 Å². The SMILES string of the molecule is CC.CN(C)CCc1c[nH]c2cccc(OP(OCc3ccccc3)OCc3ccccc3)c12. The van der Waals surface area contributed by atoms with Crippen LogP contribution in [0.3, 0.4) is 0 Å².